The number of nitrogens with zero attached hydrogens (tertiary/aromatic N) is 1. The van der Waals surface area contributed by atoms with Crippen LogP contribution in [-0.2, 0) is 15.8 Å². The van der Waals surface area contributed by atoms with Gasteiger partial charge < -0.3 is 9.52 Å². The Morgan fingerprint density at radius 3 is 2.57 bits per heavy atom. The van der Waals surface area contributed by atoms with Crippen LogP contribution in [0.25, 0.3) is 0 Å². The molecule has 1 fully saturated rings. The maximum atomic E-state index is 12.4. The fraction of sp³-hybridized carbons (Fsp3) is 0.714. The Bertz CT molecular complexity index is 544. The van der Waals surface area contributed by atoms with Crippen LogP contribution in [0.2, 0.25) is 0 Å². The maximum absolute atomic E-state index is 12.4. The lowest BCUT2D eigenvalue weighted by molar-refractivity contribution is 0.0390. The molecule has 0 aliphatic carbocycles. The van der Waals surface area contributed by atoms with Crippen molar-refractivity contribution in [2.45, 2.75) is 32.8 Å². The molecule has 3 atom stereocenters. The van der Waals surface area contributed by atoms with Crippen LogP contribution < -0.4 is 4.72 Å². The maximum Gasteiger partial charge on any atom is 0.279 e. The number of furan rings is 1. The number of hydrogen-bond donors (Lipinski definition) is 2. The van der Waals surface area contributed by atoms with Gasteiger partial charge in [0.2, 0.25) is 0 Å². The fourth-order valence-corrected chi connectivity index (χ4v) is 4.34. The Hall–Kier alpha value is -0.890. The highest BCUT2D eigenvalue weighted by atomic mass is 32.2. The first-order chi connectivity index (χ1) is 9.71. The lowest BCUT2D eigenvalue weighted by atomic mass is 9.94. The predicted octanol–water partition coefficient (Wildman–Crippen LogP) is 1.30. The number of hydrogen-bond acceptors (Lipinski definition) is 4. The Balaban J connectivity index is 2.01. The van der Waals surface area contributed by atoms with Crippen LogP contribution in [0.3, 0.4) is 0 Å². The Kier molecular flexibility index (Phi) is 4.77. The normalized spacial score (nSPS) is 27.4. The van der Waals surface area contributed by atoms with Crippen molar-refractivity contribution in [2.75, 3.05) is 19.6 Å². The number of nitrogens with one attached hydrogen (secondary N) is 1. The molecule has 120 valence electrons. The van der Waals surface area contributed by atoms with Gasteiger partial charge in [-0.1, -0.05) is 13.8 Å². The third-order valence-electron chi connectivity index (χ3n) is 3.83. The Morgan fingerprint density at radius 2 is 2.05 bits per heavy atom. The van der Waals surface area contributed by atoms with Crippen LogP contribution in [0.15, 0.2) is 22.8 Å². The first-order valence-electron chi connectivity index (χ1n) is 7.22. The van der Waals surface area contributed by atoms with E-state index in [2.05, 4.69) is 18.6 Å². The molecular formula is C14H24N2O4S. The second-order valence-electron chi connectivity index (χ2n) is 6.34. The van der Waals surface area contributed by atoms with E-state index in [9.17, 15) is 13.5 Å². The van der Waals surface area contributed by atoms with Crippen LogP contribution in [-0.4, -0.2) is 37.5 Å². The fourth-order valence-electron chi connectivity index (χ4n) is 2.80. The second-order valence-corrected chi connectivity index (χ2v) is 8.10. The molecule has 1 aliphatic rings. The molecule has 0 radical (unpaired) electrons. The summed E-state index contributed by atoms with van der Waals surface area (Å²) in [5.74, 6) is 1.03. The van der Waals surface area contributed by atoms with Crippen molar-refractivity contribution in [1.82, 2.24) is 9.03 Å². The molecule has 7 heteroatoms. The molecule has 1 aliphatic heterocycles. The quantitative estimate of drug-likeness (QED) is 0.858. The molecule has 0 saturated carbocycles. The molecule has 1 saturated heterocycles. The van der Waals surface area contributed by atoms with Crippen LogP contribution in [0, 0.1) is 11.8 Å². The molecular weight excluding hydrogens is 292 g/mol. The number of piperidine rings is 1. The van der Waals surface area contributed by atoms with E-state index in [0.29, 0.717) is 30.7 Å². The average molecular weight is 316 g/mol. The van der Waals surface area contributed by atoms with Gasteiger partial charge in [-0.2, -0.15) is 17.4 Å². The van der Waals surface area contributed by atoms with Gasteiger partial charge in [-0.15, -0.1) is 0 Å². The smallest absolute Gasteiger partial charge is 0.279 e. The van der Waals surface area contributed by atoms with E-state index < -0.39 is 15.8 Å². The third kappa shape index (κ3) is 4.06. The van der Waals surface area contributed by atoms with E-state index in [1.54, 1.807) is 12.1 Å². The summed E-state index contributed by atoms with van der Waals surface area (Å²) < 4.78 is 33.8. The summed E-state index contributed by atoms with van der Waals surface area (Å²) in [7, 11) is -3.59. The van der Waals surface area contributed by atoms with Gasteiger partial charge in [0.25, 0.3) is 10.2 Å². The SMILES string of the molecule is C[C@@H]1C[C@H](C)CN(S(=O)(=O)NC[C@@](C)(O)c2ccco2)C1. The predicted molar refractivity (Wildman–Crippen MR) is 79.7 cm³/mol. The Labute approximate surface area is 126 Å². The summed E-state index contributed by atoms with van der Waals surface area (Å²) in [5.41, 5.74) is -1.37. The van der Waals surface area contributed by atoms with Crippen LogP contribution in [0.4, 0.5) is 0 Å². The van der Waals surface area contributed by atoms with Crippen molar-refractivity contribution >= 4 is 10.2 Å². The first-order valence-corrected chi connectivity index (χ1v) is 8.66. The van der Waals surface area contributed by atoms with Gasteiger partial charge in [0.15, 0.2) is 0 Å². The van der Waals surface area contributed by atoms with Gasteiger partial charge in [-0.05, 0) is 37.3 Å². The van der Waals surface area contributed by atoms with Crippen molar-refractivity contribution in [3.63, 3.8) is 0 Å². The van der Waals surface area contributed by atoms with Crippen LogP contribution in [0.5, 0.6) is 0 Å². The summed E-state index contributed by atoms with van der Waals surface area (Å²) >= 11 is 0. The van der Waals surface area contributed by atoms with Gasteiger partial charge in [0.05, 0.1) is 6.26 Å². The van der Waals surface area contributed by atoms with Crippen molar-refractivity contribution < 1.29 is 17.9 Å². The highest BCUT2D eigenvalue weighted by molar-refractivity contribution is 7.87. The summed E-state index contributed by atoms with van der Waals surface area (Å²) in [4.78, 5) is 0. The van der Waals surface area contributed by atoms with E-state index >= 15 is 0 Å². The highest BCUT2D eigenvalue weighted by Crippen LogP contribution is 2.24. The van der Waals surface area contributed by atoms with Crippen LogP contribution in [0.1, 0.15) is 33.0 Å². The lowest BCUT2D eigenvalue weighted by Gasteiger charge is -2.34. The standard InChI is InChI=1S/C14H24N2O4S/c1-11-7-12(2)9-16(8-11)21(18,19)15-10-14(3,17)13-5-4-6-20-13/h4-6,11-12,15,17H,7-10H2,1-3H3/t11-,12+,14-/m1/s1. The van der Waals surface area contributed by atoms with Gasteiger partial charge in [-0.3, -0.25) is 0 Å². The summed E-state index contributed by atoms with van der Waals surface area (Å²) in [5, 5.41) is 10.3. The summed E-state index contributed by atoms with van der Waals surface area (Å²) in [6.07, 6.45) is 2.49. The molecule has 0 aromatic carbocycles. The van der Waals surface area contributed by atoms with E-state index in [1.807, 2.05) is 0 Å². The molecule has 2 N–H and O–H groups in total. The number of aliphatic hydroxyl groups is 1. The van der Waals surface area contributed by atoms with Gasteiger partial charge in [0, 0.05) is 19.6 Å². The average Bonchev–Trinajstić information content (AvgIpc) is 2.90. The molecule has 1 aromatic heterocycles. The number of rotatable bonds is 5. The molecule has 21 heavy (non-hydrogen) atoms. The molecule has 0 spiro atoms. The molecule has 2 rings (SSSR count). The zero-order valence-corrected chi connectivity index (χ0v) is 13.6. The molecule has 0 bridgehead atoms. The lowest BCUT2D eigenvalue weighted by Crippen LogP contribution is -2.50. The monoisotopic (exact) mass is 316 g/mol. The van der Waals surface area contributed by atoms with Crippen LogP contribution >= 0.6 is 0 Å². The largest absolute Gasteiger partial charge is 0.466 e. The van der Waals surface area contributed by atoms with E-state index in [0.717, 1.165) is 6.42 Å². The van der Waals surface area contributed by atoms with Crippen molar-refractivity contribution in [3.05, 3.63) is 24.2 Å². The minimum atomic E-state index is -3.59. The molecule has 2 heterocycles. The zero-order chi connectivity index (χ0) is 15.7. The minimum Gasteiger partial charge on any atom is -0.466 e. The summed E-state index contributed by atoms with van der Waals surface area (Å²) in [6.45, 7) is 6.54. The third-order valence-corrected chi connectivity index (χ3v) is 5.31. The molecule has 0 amide bonds. The van der Waals surface area contributed by atoms with E-state index in [-0.39, 0.29) is 6.54 Å². The first kappa shape index (κ1) is 16.5. The van der Waals surface area contributed by atoms with Gasteiger partial charge in [-0.25, -0.2) is 0 Å². The van der Waals surface area contributed by atoms with E-state index in [1.165, 1.54) is 17.5 Å². The Morgan fingerprint density at radius 1 is 1.43 bits per heavy atom. The van der Waals surface area contributed by atoms with Crippen molar-refractivity contribution in [1.29, 1.82) is 0 Å². The molecule has 6 nitrogen and oxygen atoms in total. The summed E-state index contributed by atoms with van der Waals surface area (Å²) in [6, 6.07) is 3.28. The minimum absolute atomic E-state index is 0.123. The second kappa shape index (κ2) is 6.08. The van der Waals surface area contributed by atoms with Crippen molar-refractivity contribution in [3.8, 4) is 0 Å². The highest BCUT2D eigenvalue weighted by Gasteiger charge is 2.33. The topological polar surface area (TPSA) is 82.8 Å². The zero-order valence-electron chi connectivity index (χ0n) is 12.7. The van der Waals surface area contributed by atoms with E-state index in [4.69, 9.17) is 4.42 Å². The van der Waals surface area contributed by atoms with Gasteiger partial charge >= 0.3 is 0 Å². The molecule has 1 aromatic rings. The van der Waals surface area contributed by atoms with Gasteiger partial charge in [0.1, 0.15) is 11.4 Å². The van der Waals surface area contributed by atoms with Crippen molar-refractivity contribution in [2.24, 2.45) is 11.8 Å². The molecule has 0 unspecified atom stereocenters.